The van der Waals surface area contributed by atoms with Crippen molar-refractivity contribution in [3.05, 3.63) is 72.4 Å². The van der Waals surface area contributed by atoms with Crippen LogP contribution in [0.1, 0.15) is 39.0 Å². The summed E-state index contributed by atoms with van der Waals surface area (Å²) in [5.74, 6) is -0.679. The highest BCUT2D eigenvalue weighted by atomic mass is 19.1. The van der Waals surface area contributed by atoms with E-state index in [0.29, 0.717) is 72.3 Å². The molecule has 13 heteroatoms. The molecule has 1 saturated carbocycles. The Morgan fingerprint density at radius 3 is 2.26 bits per heavy atom. The van der Waals surface area contributed by atoms with Gasteiger partial charge in [0.05, 0.1) is 17.5 Å². The van der Waals surface area contributed by atoms with E-state index in [1.807, 2.05) is 0 Å². The topological polar surface area (TPSA) is 137 Å². The Labute approximate surface area is 288 Å². The predicted octanol–water partition coefficient (Wildman–Crippen LogP) is 6.02. The summed E-state index contributed by atoms with van der Waals surface area (Å²) >= 11 is 0. The molecule has 3 heterocycles. The lowest BCUT2D eigenvalue weighted by Crippen LogP contribution is -2.48. The van der Waals surface area contributed by atoms with Crippen molar-refractivity contribution in [1.82, 2.24) is 9.88 Å². The van der Waals surface area contributed by atoms with Crippen molar-refractivity contribution in [2.24, 2.45) is 11.1 Å². The number of amides is 2. The zero-order valence-electron chi connectivity index (χ0n) is 27.7. The van der Waals surface area contributed by atoms with Crippen LogP contribution in [0.2, 0.25) is 0 Å². The number of halogens is 2. The van der Waals surface area contributed by atoms with Gasteiger partial charge in [-0.25, -0.2) is 8.78 Å². The molecule has 0 radical (unpaired) electrons. The molecule has 0 atom stereocenters. The minimum absolute atomic E-state index is 0.0915. The molecule has 0 unspecified atom stereocenters. The van der Waals surface area contributed by atoms with Gasteiger partial charge in [0.2, 0.25) is 17.6 Å². The van der Waals surface area contributed by atoms with Crippen LogP contribution in [0.15, 0.2) is 60.8 Å². The van der Waals surface area contributed by atoms with Crippen molar-refractivity contribution >= 4 is 34.1 Å². The molecule has 4 aromatic rings. The Balaban J connectivity index is 1.02. The number of hydrogen-bond acceptors (Lipinski definition) is 9. The van der Waals surface area contributed by atoms with Crippen LogP contribution in [0.4, 0.5) is 20.2 Å². The van der Waals surface area contributed by atoms with Gasteiger partial charge in [0.25, 0.3) is 0 Å². The molecule has 3 aromatic carbocycles. The van der Waals surface area contributed by atoms with Gasteiger partial charge in [0.15, 0.2) is 23.1 Å². The van der Waals surface area contributed by atoms with Gasteiger partial charge in [0, 0.05) is 41.8 Å². The number of piperidine rings is 1. The Kier molecular flexibility index (Phi) is 9.19. The maximum absolute atomic E-state index is 15.4. The first-order chi connectivity index (χ1) is 24.1. The van der Waals surface area contributed by atoms with Gasteiger partial charge in [0.1, 0.15) is 30.2 Å². The molecule has 0 spiro atoms. The summed E-state index contributed by atoms with van der Waals surface area (Å²) in [6.45, 7) is 6.07. The number of rotatable bonds is 11. The summed E-state index contributed by atoms with van der Waals surface area (Å²) < 4.78 is 52.9. The van der Waals surface area contributed by atoms with Crippen molar-refractivity contribution < 1.29 is 37.3 Å². The van der Waals surface area contributed by atoms with E-state index in [1.54, 1.807) is 18.3 Å². The molecule has 11 nitrogen and oxygen atoms in total. The number of nitrogens with two attached hydrogens (primary N) is 1. The van der Waals surface area contributed by atoms with Gasteiger partial charge in [-0.3, -0.25) is 14.6 Å². The number of pyridine rings is 1. The van der Waals surface area contributed by atoms with E-state index in [-0.39, 0.29) is 17.0 Å². The van der Waals surface area contributed by atoms with E-state index < -0.39 is 28.9 Å². The first-order valence-corrected chi connectivity index (χ1v) is 16.8. The standard InChI is InChI=1S/C37H39F2N5O6/c1-36(40)12-16-44(17-13-36)15-2-18-47-30-22-27-31(33-32(30)48-19-20-49-33)29(9-14-41-27)50-28-8-7-25(21-26(28)39)43-35(46)37(10-11-37)34(45)42-24-5-3-23(38)4-6-24/h3-9,14,21-22H,2,10-13,15-20,40H2,1H3,(H,42,45)(H,43,46). The van der Waals surface area contributed by atoms with Gasteiger partial charge in [-0.15, -0.1) is 0 Å². The number of nitrogens with zero attached hydrogens (tertiary/aromatic N) is 2. The number of benzene rings is 3. The number of carbonyl (C=O) groups excluding carboxylic acids is 2. The molecule has 0 bridgehead atoms. The van der Waals surface area contributed by atoms with Crippen LogP contribution in [0, 0.1) is 17.0 Å². The van der Waals surface area contributed by atoms with Gasteiger partial charge in [-0.2, -0.15) is 0 Å². The molecule has 2 amide bonds. The molecule has 1 aliphatic carbocycles. The average molecular weight is 688 g/mol. The number of fused-ring (bicyclic) bond motifs is 3. The SMILES string of the molecule is CC1(N)CCN(CCCOc2cc3nccc(Oc4ccc(NC(=O)C5(C(=O)Nc6ccc(F)cc6)CC5)cc4F)c3c3c2OCCO3)CC1. The fraction of sp³-hybridized carbons (Fsp3) is 0.378. The highest BCUT2D eigenvalue weighted by Crippen LogP contribution is 2.49. The fourth-order valence-electron chi connectivity index (χ4n) is 6.22. The number of hydrogen-bond donors (Lipinski definition) is 3. The first kappa shape index (κ1) is 33.5. The third kappa shape index (κ3) is 7.15. The molecule has 50 heavy (non-hydrogen) atoms. The van der Waals surface area contributed by atoms with Crippen molar-refractivity contribution in [1.29, 1.82) is 0 Å². The number of nitrogens with one attached hydrogen (secondary N) is 2. The minimum atomic E-state index is -1.29. The van der Waals surface area contributed by atoms with Gasteiger partial charge >= 0.3 is 0 Å². The lowest BCUT2D eigenvalue weighted by atomic mass is 9.91. The lowest BCUT2D eigenvalue weighted by Gasteiger charge is -2.36. The predicted molar refractivity (Wildman–Crippen MR) is 183 cm³/mol. The average Bonchev–Trinajstić information content (AvgIpc) is 3.92. The van der Waals surface area contributed by atoms with Crippen LogP contribution in [0.25, 0.3) is 10.9 Å². The van der Waals surface area contributed by atoms with Crippen molar-refractivity contribution in [3.8, 4) is 28.7 Å². The van der Waals surface area contributed by atoms with Crippen LogP contribution in [0.5, 0.6) is 28.7 Å². The molecule has 1 aromatic heterocycles. The second kappa shape index (κ2) is 13.7. The molecule has 2 aliphatic heterocycles. The Morgan fingerprint density at radius 1 is 0.880 bits per heavy atom. The largest absolute Gasteiger partial charge is 0.489 e. The summed E-state index contributed by atoms with van der Waals surface area (Å²) in [5.41, 5.74) is 5.94. The highest BCUT2D eigenvalue weighted by molar-refractivity contribution is 6.16. The zero-order valence-corrected chi connectivity index (χ0v) is 27.7. The summed E-state index contributed by atoms with van der Waals surface area (Å²) in [5, 5.41) is 5.81. The van der Waals surface area contributed by atoms with Crippen molar-refractivity contribution in [3.63, 3.8) is 0 Å². The van der Waals surface area contributed by atoms with Gasteiger partial charge in [-0.05, 0) is 94.6 Å². The van der Waals surface area contributed by atoms with Crippen molar-refractivity contribution in [2.45, 2.75) is 44.6 Å². The molecule has 3 aliphatic rings. The number of aromatic nitrogens is 1. The molecule has 2 fully saturated rings. The maximum Gasteiger partial charge on any atom is 0.240 e. The van der Waals surface area contributed by atoms with E-state index in [2.05, 4.69) is 27.4 Å². The number of anilines is 2. The monoisotopic (exact) mass is 687 g/mol. The summed E-state index contributed by atoms with van der Waals surface area (Å²) in [6.07, 6.45) is 4.99. The van der Waals surface area contributed by atoms with Crippen molar-refractivity contribution in [2.75, 3.05) is 50.1 Å². The van der Waals surface area contributed by atoms with Crippen LogP contribution < -0.4 is 35.3 Å². The molecule has 1 saturated heterocycles. The Bertz CT molecular complexity index is 1910. The van der Waals surface area contributed by atoms with E-state index in [4.69, 9.17) is 24.7 Å². The van der Waals surface area contributed by atoms with Crippen LogP contribution >= 0.6 is 0 Å². The zero-order chi connectivity index (χ0) is 34.9. The first-order valence-electron chi connectivity index (χ1n) is 16.8. The van der Waals surface area contributed by atoms with E-state index in [0.717, 1.165) is 45.0 Å². The van der Waals surface area contributed by atoms with Gasteiger partial charge in [-0.1, -0.05) is 0 Å². The molecular formula is C37H39F2N5O6. The molecule has 4 N–H and O–H groups in total. The van der Waals surface area contributed by atoms with E-state index in [1.165, 1.54) is 36.4 Å². The molecule has 262 valence electrons. The number of carbonyl (C=O) groups is 2. The molecular weight excluding hydrogens is 648 g/mol. The van der Waals surface area contributed by atoms with Crippen LogP contribution in [0.3, 0.4) is 0 Å². The van der Waals surface area contributed by atoms with E-state index in [9.17, 15) is 14.0 Å². The normalized spacial score (nSPS) is 17.5. The third-order valence-corrected chi connectivity index (χ3v) is 9.45. The number of ether oxygens (including phenoxy) is 4. The Morgan fingerprint density at radius 2 is 1.56 bits per heavy atom. The van der Waals surface area contributed by atoms with Crippen LogP contribution in [-0.2, 0) is 9.59 Å². The summed E-state index contributed by atoms with van der Waals surface area (Å²) in [7, 11) is 0. The number of likely N-dealkylation sites (tertiary alicyclic amines) is 1. The highest BCUT2D eigenvalue weighted by Gasteiger charge is 2.56. The Hall–Kier alpha value is -5.01. The third-order valence-electron chi connectivity index (χ3n) is 9.45. The van der Waals surface area contributed by atoms with Gasteiger partial charge < -0.3 is 40.2 Å². The summed E-state index contributed by atoms with van der Waals surface area (Å²) in [4.78, 5) is 32.9. The summed E-state index contributed by atoms with van der Waals surface area (Å²) in [6, 6.07) is 12.7. The second-order valence-corrected chi connectivity index (χ2v) is 13.4. The molecule has 7 rings (SSSR count). The lowest BCUT2D eigenvalue weighted by molar-refractivity contribution is -0.131. The second-order valence-electron chi connectivity index (χ2n) is 13.4. The maximum atomic E-state index is 15.4. The minimum Gasteiger partial charge on any atom is -0.489 e. The smallest absolute Gasteiger partial charge is 0.240 e. The fourth-order valence-corrected chi connectivity index (χ4v) is 6.22. The quantitative estimate of drug-likeness (QED) is 0.128. The van der Waals surface area contributed by atoms with Crippen LogP contribution in [-0.4, -0.2) is 66.7 Å². The van der Waals surface area contributed by atoms with E-state index >= 15 is 4.39 Å².